The Labute approximate surface area is 226 Å². The molecule has 4 rings (SSSR count). The normalized spacial score (nSPS) is 14.3. The summed E-state index contributed by atoms with van der Waals surface area (Å²) < 4.78 is 44.4. The molecule has 0 fully saturated rings. The van der Waals surface area contributed by atoms with Crippen molar-refractivity contribution < 1.29 is 17.9 Å². The number of aromatic nitrogens is 9. The molecule has 4 heterocycles. The van der Waals surface area contributed by atoms with Crippen LogP contribution in [0.5, 0.6) is 5.88 Å². The Hall–Kier alpha value is -3.98. The van der Waals surface area contributed by atoms with Crippen molar-refractivity contribution in [3.05, 3.63) is 54.1 Å². The molecular weight excluding hydrogens is 524 g/mol. The number of aryl methyl sites for hydroxylation is 2. The standard InChI is InChI=1S/C24H32N10O4S/c1-14(2)38-20(22-25-11-15(3)12-26-22)17(5)39(35,36)32-24-30-29-23(18-9-8-10-19(28-18)37-7)34(24)16(4)21-27-13-33(6)31-21/h8-14,16-17,20H,1-7H3,(H,30,32)/t16-,17?,20?/m0/s1. The van der Waals surface area contributed by atoms with Crippen molar-refractivity contribution in [2.45, 2.75) is 58.1 Å². The third-order valence-corrected chi connectivity index (χ3v) is 7.55. The van der Waals surface area contributed by atoms with E-state index in [1.807, 2.05) is 27.7 Å². The predicted octanol–water partition coefficient (Wildman–Crippen LogP) is 2.48. The number of ether oxygens (including phenoxy) is 2. The molecule has 3 atom stereocenters. The maximum atomic E-state index is 13.7. The highest BCUT2D eigenvalue weighted by atomic mass is 32.2. The maximum Gasteiger partial charge on any atom is 0.240 e. The van der Waals surface area contributed by atoms with E-state index in [1.54, 1.807) is 53.2 Å². The van der Waals surface area contributed by atoms with Crippen LogP contribution in [0.1, 0.15) is 57.1 Å². The first-order valence-corrected chi connectivity index (χ1v) is 13.8. The second-order valence-electron chi connectivity index (χ2n) is 9.31. The molecule has 4 aromatic rings. The molecule has 1 N–H and O–H groups in total. The molecule has 4 aromatic heterocycles. The lowest BCUT2D eigenvalue weighted by Crippen LogP contribution is -2.35. The number of nitrogens with one attached hydrogen (secondary N) is 1. The molecule has 2 unspecified atom stereocenters. The zero-order valence-electron chi connectivity index (χ0n) is 22.8. The highest BCUT2D eigenvalue weighted by molar-refractivity contribution is 7.93. The summed E-state index contributed by atoms with van der Waals surface area (Å²) >= 11 is 0. The fraction of sp³-hybridized carbons (Fsp3) is 0.458. The molecule has 0 aliphatic carbocycles. The molecule has 14 nitrogen and oxygen atoms in total. The van der Waals surface area contributed by atoms with Gasteiger partial charge in [-0.15, -0.1) is 10.2 Å². The summed E-state index contributed by atoms with van der Waals surface area (Å²) in [6.45, 7) is 8.84. The molecule has 0 bridgehead atoms. The Morgan fingerprint density at radius 1 is 1.00 bits per heavy atom. The fourth-order valence-corrected chi connectivity index (χ4v) is 4.92. The van der Waals surface area contributed by atoms with E-state index in [2.05, 4.69) is 40.0 Å². The summed E-state index contributed by atoms with van der Waals surface area (Å²) in [5.41, 5.74) is 1.27. The van der Waals surface area contributed by atoms with Gasteiger partial charge in [-0.05, 0) is 46.2 Å². The van der Waals surface area contributed by atoms with Gasteiger partial charge < -0.3 is 9.47 Å². The van der Waals surface area contributed by atoms with E-state index in [1.165, 1.54) is 14.0 Å². The lowest BCUT2D eigenvalue weighted by Gasteiger charge is -2.25. The van der Waals surface area contributed by atoms with Gasteiger partial charge in [-0.3, -0.25) is 14.0 Å². The Morgan fingerprint density at radius 3 is 2.33 bits per heavy atom. The van der Waals surface area contributed by atoms with Crippen LogP contribution in [0.3, 0.4) is 0 Å². The largest absolute Gasteiger partial charge is 0.481 e. The highest BCUT2D eigenvalue weighted by Crippen LogP contribution is 2.30. The summed E-state index contributed by atoms with van der Waals surface area (Å²) in [6.07, 6.45) is 3.59. The maximum absolute atomic E-state index is 13.7. The first-order valence-electron chi connectivity index (χ1n) is 12.3. The van der Waals surface area contributed by atoms with Gasteiger partial charge in [-0.2, -0.15) is 5.10 Å². The van der Waals surface area contributed by atoms with E-state index in [0.29, 0.717) is 23.2 Å². The summed E-state index contributed by atoms with van der Waals surface area (Å²) in [5.74, 6) is 1.34. The van der Waals surface area contributed by atoms with Crippen molar-refractivity contribution in [1.29, 1.82) is 0 Å². The van der Waals surface area contributed by atoms with Crippen LogP contribution in [0.2, 0.25) is 0 Å². The van der Waals surface area contributed by atoms with E-state index in [9.17, 15) is 8.42 Å². The highest BCUT2D eigenvalue weighted by Gasteiger charge is 2.36. The van der Waals surface area contributed by atoms with Crippen LogP contribution in [0.4, 0.5) is 5.95 Å². The van der Waals surface area contributed by atoms with Gasteiger partial charge in [0.1, 0.15) is 23.4 Å². The number of methoxy groups -OCH3 is 1. The molecule has 208 valence electrons. The molecule has 0 amide bonds. The van der Waals surface area contributed by atoms with Gasteiger partial charge in [-0.25, -0.2) is 28.4 Å². The van der Waals surface area contributed by atoms with Crippen LogP contribution >= 0.6 is 0 Å². The summed E-state index contributed by atoms with van der Waals surface area (Å²) in [4.78, 5) is 17.4. The third kappa shape index (κ3) is 6.20. The number of anilines is 1. The van der Waals surface area contributed by atoms with Gasteiger partial charge in [0.25, 0.3) is 0 Å². The van der Waals surface area contributed by atoms with E-state index < -0.39 is 27.4 Å². The van der Waals surface area contributed by atoms with Crippen molar-refractivity contribution in [2.24, 2.45) is 7.05 Å². The molecule has 0 saturated heterocycles. The molecule has 0 spiro atoms. The summed E-state index contributed by atoms with van der Waals surface area (Å²) in [7, 11) is -0.852. The van der Waals surface area contributed by atoms with Crippen LogP contribution in [0, 0.1) is 6.92 Å². The van der Waals surface area contributed by atoms with E-state index in [-0.39, 0.29) is 17.9 Å². The van der Waals surface area contributed by atoms with Crippen molar-refractivity contribution >= 4 is 16.0 Å². The third-order valence-electron chi connectivity index (χ3n) is 5.86. The monoisotopic (exact) mass is 556 g/mol. The lowest BCUT2D eigenvalue weighted by atomic mass is 10.2. The number of hydrogen-bond donors (Lipinski definition) is 1. The molecule has 39 heavy (non-hydrogen) atoms. The first-order chi connectivity index (χ1) is 18.5. The molecule has 0 aliphatic heterocycles. The number of rotatable bonds is 11. The average Bonchev–Trinajstić information content (AvgIpc) is 3.53. The zero-order valence-corrected chi connectivity index (χ0v) is 23.7. The van der Waals surface area contributed by atoms with Gasteiger partial charge in [0.15, 0.2) is 17.5 Å². The predicted molar refractivity (Wildman–Crippen MR) is 142 cm³/mol. The minimum atomic E-state index is -4.10. The SMILES string of the molecule is COc1cccc(-c2nnc(NS(=O)(=O)C(C)C(OC(C)C)c3ncc(C)cn3)n2[C@@H](C)c2ncn(C)n2)n1. The minimum absolute atomic E-state index is 0.0328. The molecule has 15 heteroatoms. The van der Waals surface area contributed by atoms with Crippen LogP contribution < -0.4 is 9.46 Å². The van der Waals surface area contributed by atoms with Crippen molar-refractivity contribution in [2.75, 3.05) is 11.8 Å². The molecule has 0 saturated carbocycles. The lowest BCUT2D eigenvalue weighted by molar-refractivity contribution is 0.00152. The Bertz CT molecular complexity index is 1520. The van der Waals surface area contributed by atoms with Crippen LogP contribution in [-0.4, -0.2) is 71.4 Å². The number of pyridine rings is 1. The average molecular weight is 557 g/mol. The van der Waals surface area contributed by atoms with Gasteiger partial charge in [0.05, 0.1) is 19.3 Å². The van der Waals surface area contributed by atoms with E-state index >= 15 is 0 Å². The number of hydrogen-bond acceptors (Lipinski definition) is 11. The second-order valence-corrected chi connectivity index (χ2v) is 11.3. The zero-order chi connectivity index (χ0) is 28.3. The van der Waals surface area contributed by atoms with Gasteiger partial charge in [0.2, 0.25) is 21.9 Å². The number of nitrogens with zero attached hydrogens (tertiary/aromatic N) is 9. The Balaban J connectivity index is 1.75. The number of sulfonamides is 1. The Kier molecular flexibility index (Phi) is 8.20. The summed E-state index contributed by atoms with van der Waals surface area (Å²) in [5, 5.41) is 11.7. The van der Waals surface area contributed by atoms with E-state index in [0.717, 1.165) is 5.56 Å². The van der Waals surface area contributed by atoms with Crippen LogP contribution in [0.25, 0.3) is 11.5 Å². The van der Waals surface area contributed by atoms with E-state index in [4.69, 9.17) is 9.47 Å². The molecule has 0 aromatic carbocycles. The topological polar surface area (TPSA) is 165 Å². The second kappa shape index (κ2) is 11.4. The smallest absolute Gasteiger partial charge is 0.240 e. The van der Waals surface area contributed by atoms with Gasteiger partial charge in [0, 0.05) is 25.5 Å². The Morgan fingerprint density at radius 2 is 1.72 bits per heavy atom. The summed E-state index contributed by atoms with van der Waals surface area (Å²) in [6, 6.07) is 4.62. The van der Waals surface area contributed by atoms with Gasteiger partial charge >= 0.3 is 0 Å². The van der Waals surface area contributed by atoms with Crippen molar-refractivity contribution in [3.63, 3.8) is 0 Å². The molecular formula is C24H32N10O4S. The first kappa shape index (κ1) is 28.0. The quantitative estimate of drug-likeness (QED) is 0.288. The van der Waals surface area contributed by atoms with Crippen molar-refractivity contribution in [1.82, 2.24) is 44.5 Å². The van der Waals surface area contributed by atoms with Crippen LogP contribution in [0.15, 0.2) is 36.9 Å². The van der Waals surface area contributed by atoms with Gasteiger partial charge in [-0.1, -0.05) is 6.07 Å². The van der Waals surface area contributed by atoms with Crippen molar-refractivity contribution in [3.8, 4) is 17.4 Å². The molecule has 0 radical (unpaired) electrons. The molecule has 0 aliphatic rings. The van der Waals surface area contributed by atoms with Crippen LogP contribution in [-0.2, 0) is 21.8 Å². The minimum Gasteiger partial charge on any atom is -0.481 e. The fourth-order valence-electron chi connectivity index (χ4n) is 3.83.